The van der Waals surface area contributed by atoms with E-state index < -0.39 is 164 Å². The van der Waals surface area contributed by atoms with Gasteiger partial charge in [-0.05, 0) is 130 Å². The van der Waals surface area contributed by atoms with Crippen molar-refractivity contribution < 1.29 is 30.5 Å². The number of benzene rings is 10. The van der Waals surface area contributed by atoms with E-state index in [0.717, 1.165) is 32.7 Å². The molecule has 0 radical (unpaired) electrons. The van der Waals surface area contributed by atoms with E-state index in [4.69, 9.17) is 16.8 Å². The summed E-state index contributed by atoms with van der Waals surface area (Å²) < 4.78 is 179. The zero-order valence-corrected chi connectivity index (χ0v) is 27.4. The molecule has 11 aromatic rings. The van der Waals surface area contributed by atoms with E-state index in [-0.39, 0.29) is 16.5 Å². The van der Waals surface area contributed by atoms with Crippen molar-refractivity contribution in [3.05, 3.63) is 194 Å². The van der Waals surface area contributed by atoms with Crippen molar-refractivity contribution >= 4 is 65.0 Å². The van der Waals surface area contributed by atoms with Crippen LogP contribution in [0.2, 0.25) is 0 Å². The van der Waals surface area contributed by atoms with Crippen molar-refractivity contribution in [2.45, 2.75) is 0 Å². The molecule has 1 heteroatoms. The lowest BCUT2D eigenvalue weighted by Gasteiger charge is -2.18. The Morgan fingerprint density at radius 2 is 0.811 bits per heavy atom. The lowest BCUT2D eigenvalue weighted by molar-refractivity contribution is 0.669. The Labute approximate surface area is 333 Å². The summed E-state index contributed by atoms with van der Waals surface area (Å²) in [5.74, 6) is 0. The molecule has 246 valence electrons. The van der Waals surface area contributed by atoms with Gasteiger partial charge in [-0.2, -0.15) is 0 Å². The molecule has 0 aliphatic carbocycles. The standard InChI is InChI=1S/C52H32O/c1-2-11-34(12-3-1)51-45-14-6-8-16-47(45)52(48-17-9-7-15-46(48)51)42-23-22-36-29-38(20-21-39(36)30-42)41-25-27-44-43-26-24-40(31-49(43)53-50(44)32-41)37-19-18-33-10-4-5-13-35(33)28-37/h1-32H/i1D,2D,3D,6D,7D,8D,9D,11D,12D,14D,15D,16D,17D,20D,21D,22D,23D,29D,30D. The predicted molar refractivity (Wildman–Crippen MR) is 225 cm³/mol. The Morgan fingerprint density at radius 3 is 1.45 bits per heavy atom. The maximum atomic E-state index is 9.75. The summed E-state index contributed by atoms with van der Waals surface area (Å²) >= 11 is 0. The average molecular weight is 692 g/mol. The van der Waals surface area contributed by atoms with Crippen molar-refractivity contribution in [3.63, 3.8) is 0 Å². The van der Waals surface area contributed by atoms with Crippen LogP contribution in [0.4, 0.5) is 0 Å². The second-order valence-electron chi connectivity index (χ2n) is 12.6. The Kier molecular flexibility index (Phi) is 3.69. The van der Waals surface area contributed by atoms with E-state index in [2.05, 4.69) is 6.07 Å². The van der Waals surface area contributed by atoms with Crippen LogP contribution in [0.1, 0.15) is 26.0 Å². The summed E-state index contributed by atoms with van der Waals surface area (Å²) in [5, 5.41) is 0.525. The normalized spacial score (nSPS) is 16.8. The van der Waals surface area contributed by atoms with Gasteiger partial charge in [-0.25, -0.2) is 0 Å². The monoisotopic (exact) mass is 691 g/mol. The fourth-order valence-electron chi connectivity index (χ4n) is 7.13. The largest absolute Gasteiger partial charge is 0.456 e. The summed E-state index contributed by atoms with van der Waals surface area (Å²) in [6, 6.07) is 9.85. The van der Waals surface area contributed by atoms with Crippen LogP contribution in [0, 0.1) is 0 Å². The zero-order valence-electron chi connectivity index (χ0n) is 46.4. The first-order valence-electron chi connectivity index (χ1n) is 26.2. The van der Waals surface area contributed by atoms with Crippen molar-refractivity contribution in [1.82, 2.24) is 0 Å². The SMILES string of the molecule is [2H]c1c([2H])c([2H])c(-c2c3c([2H])c([2H])c([2H])c([2H])c3c(-c3c([2H])c([2H])c4c([2H])c(-c5ccc6c(c5)oc5cc(-c7ccc8ccccc8c7)ccc56)c([2H])c([2H])c4c3[2H])c3c([2H])c([2H])c([2H])c([2H])c23)c([2H])c1[2H]. The maximum absolute atomic E-state index is 9.75. The smallest absolute Gasteiger partial charge is 0.136 e. The van der Waals surface area contributed by atoms with Gasteiger partial charge in [0.15, 0.2) is 0 Å². The van der Waals surface area contributed by atoms with Crippen LogP contribution in [-0.2, 0) is 0 Å². The molecule has 53 heavy (non-hydrogen) atoms. The fourth-order valence-corrected chi connectivity index (χ4v) is 7.13. The number of hydrogen-bond acceptors (Lipinski definition) is 1. The van der Waals surface area contributed by atoms with Crippen molar-refractivity contribution in [1.29, 1.82) is 0 Å². The van der Waals surface area contributed by atoms with Crippen LogP contribution < -0.4 is 0 Å². The molecule has 1 heterocycles. The first-order chi connectivity index (χ1) is 34.2. The summed E-state index contributed by atoms with van der Waals surface area (Å²) in [6.45, 7) is 0. The third-order valence-electron chi connectivity index (χ3n) is 9.59. The van der Waals surface area contributed by atoms with Gasteiger partial charge in [0.05, 0.1) is 26.0 Å². The molecular weight excluding hydrogens is 641 g/mol. The topological polar surface area (TPSA) is 13.1 Å². The molecule has 11 rings (SSSR count). The van der Waals surface area contributed by atoms with E-state index in [1.165, 1.54) is 0 Å². The lowest BCUT2D eigenvalue weighted by Crippen LogP contribution is -1.90. The molecule has 0 fully saturated rings. The number of fused-ring (bicyclic) bond motifs is 7. The molecule has 1 nitrogen and oxygen atoms in total. The molecule has 0 aliphatic heterocycles. The summed E-state index contributed by atoms with van der Waals surface area (Å²) in [4.78, 5) is 0. The quantitative estimate of drug-likeness (QED) is 0.167. The minimum absolute atomic E-state index is 0.117. The van der Waals surface area contributed by atoms with Crippen molar-refractivity contribution in [3.8, 4) is 44.5 Å². The minimum atomic E-state index is -0.870. The van der Waals surface area contributed by atoms with E-state index in [1.807, 2.05) is 54.6 Å². The molecule has 0 unspecified atom stereocenters. The molecule has 0 spiro atoms. The molecule has 0 N–H and O–H groups in total. The highest BCUT2D eigenvalue weighted by molar-refractivity contribution is 6.21. The lowest BCUT2D eigenvalue weighted by atomic mass is 9.85. The van der Waals surface area contributed by atoms with E-state index in [9.17, 15) is 13.7 Å². The van der Waals surface area contributed by atoms with Gasteiger partial charge in [0.1, 0.15) is 11.2 Å². The van der Waals surface area contributed by atoms with Gasteiger partial charge < -0.3 is 4.42 Å². The van der Waals surface area contributed by atoms with Crippen LogP contribution >= 0.6 is 0 Å². The van der Waals surface area contributed by atoms with Crippen LogP contribution in [0.3, 0.4) is 0 Å². The second-order valence-corrected chi connectivity index (χ2v) is 12.6. The molecule has 10 aromatic carbocycles. The van der Waals surface area contributed by atoms with Crippen LogP contribution in [0.25, 0.3) is 110 Å². The van der Waals surface area contributed by atoms with Gasteiger partial charge >= 0.3 is 0 Å². The highest BCUT2D eigenvalue weighted by atomic mass is 16.3. The number of furan rings is 1. The maximum Gasteiger partial charge on any atom is 0.136 e. The van der Waals surface area contributed by atoms with Crippen LogP contribution in [-0.4, -0.2) is 0 Å². The van der Waals surface area contributed by atoms with Crippen LogP contribution in [0.15, 0.2) is 198 Å². The molecule has 0 bridgehead atoms. The van der Waals surface area contributed by atoms with Gasteiger partial charge in [-0.3, -0.25) is 0 Å². The Morgan fingerprint density at radius 1 is 0.321 bits per heavy atom. The van der Waals surface area contributed by atoms with Crippen molar-refractivity contribution in [2.24, 2.45) is 0 Å². The van der Waals surface area contributed by atoms with Gasteiger partial charge in [-0.15, -0.1) is 0 Å². The Balaban J connectivity index is 1.19. The fraction of sp³-hybridized carbons (Fsp3) is 0. The van der Waals surface area contributed by atoms with E-state index in [0.29, 0.717) is 11.2 Å². The van der Waals surface area contributed by atoms with E-state index >= 15 is 0 Å². The molecule has 0 aliphatic rings. The third kappa shape index (κ3) is 4.86. The number of hydrogen-bond donors (Lipinski definition) is 0. The van der Waals surface area contributed by atoms with Gasteiger partial charge in [0.2, 0.25) is 0 Å². The highest BCUT2D eigenvalue weighted by Crippen LogP contribution is 2.44. The first-order valence-corrected chi connectivity index (χ1v) is 16.7. The first kappa shape index (κ1) is 16.6. The van der Waals surface area contributed by atoms with Crippen molar-refractivity contribution in [2.75, 3.05) is 0 Å². The molecular formula is C52H32O. The summed E-state index contributed by atoms with van der Waals surface area (Å²) in [5.41, 5.74) is 0.568. The predicted octanol–water partition coefficient (Wildman–Crippen LogP) is 14.9. The molecule has 0 atom stereocenters. The molecule has 0 saturated heterocycles. The molecule has 1 aromatic heterocycles. The second kappa shape index (κ2) is 11.8. The summed E-state index contributed by atoms with van der Waals surface area (Å²) in [7, 11) is 0. The molecule has 0 saturated carbocycles. The number of rotatable bonds is 4. The Hall–Kier alpha value is -6.96. The van der Waals surface area contributed by atoms with Crippen LogP contribution in [0.5, 0.6) is 0 Å². The summed E-state index contributed by atoms with van der Waals surface area (Å²) in [6.07, 6.45) is 0. The zero-order chi connectivity index (χ0) is 51.4. The van der Waals surface area contributed by atoms with E-state index in [1.54, 1.807) is 18.2 Å². The molecule has 0 amide bonds. The Bertz CT molecular complexity index is 4220. The average Bonchev–Trinajstić information content (AvgIpc) is 3.74. The highest BCUT2D eigenvalue weighted by Gasteiger charge is 2.17. The third-order valence-corrected chi connectivity index (χ3v) is 9.59. The van der Waals surface area contributed by atoms with Gasteiger partial charge in [0, 0.05) is 10.8 Å². The van der Waals surface area contributed by atoms with Gasteiger partial charge in [-0.1, -0.05) is 151 Å². The minimum Gasteiger partial charge on any atom is -0.456 e. The van der Waals surface area contributed by atoms with Gasteiger partial charge in [0.25, 0.3) is 0 Å².